The van der Waals surface area contributed by atoms with Crippen LogP contribution >= 0.6 is 0 Å². The van der Waals surface area contributed by atoms with Crippen LogP contribution in [0.15, 0.2) is 6.07 Å². The van der Waals surface area contributed by atoms with Crippen LogP contribution in [0, 0.1) is 18.6 Å². The fraction of sp³-hybridized carbons (Fsp3) is 0.581. The molecule has 3 aromatic rings. The van der Waals surface area contributed by atoms with E-state index in [1.165, 1.54) is 0 Å². The molecule has 3 N–H and O–H groups in total. The minimum absolute atomic E-state index is 0.0273. The van der Waals surface area contributed by atoms with Crippen molar-refractivity contribution in [3.05, 3.63) is 28.8 Å². The molecular formula is C31H32F7N7O2. The lowest BCUT2D eigenvalue weighted by Gasteiger charge is -2.42. The van der Waals surface area contributed by atoms with E-state index >= 15 is 4.39 Å². The summed E-state index contributed by atoms with van der Waals surface area (Å²) in [5.41, 5.74) is -0.0444. The molecule has 4 fully saturated rings. The number of hydrogen-bond acceptors (Lipinski definition) is 9. The lowest BCUT2D eigenvalue weighted by atomic mass is 9.94. The van der Waals surface area contributed by atoms with Crippen LogP contribution in [0.5, 0.6) is 11.9 Å². The predicted molar refractivity (Wildman–Crippen MR) is 157 cm³/mol. The first kappa shape index (κ1) is 30.7. The van der Waals surface area contributed by atoms with Crippen LogP contribution in [0.4, 0.5) is 42.2 Å². The van der Waals surface area contributed by atoms with Gasteiger partial charge in [0.2, 0.25) is 5.88 Å². The Morgan fingerprint density at radius 3 is 2.49 bits per heavy atom. The molecule has 252 valence electrons. The van der Waals surface area contributed by atoms with Crippen molar-refractivity contribution in [3.63, 3.8) is 0 Å². The number of hydrogen-bond donors (Lipinski definition) is 2. The summed E-state index contributed by atoms with van der Waals surface area (Å²) in [5.74, 6) is -2.48. The fourth-order valence-electron chi connectivity index (χ4n) is 8.55. The van der Waals surface area contributed by atoms with Crippen molar-refractivity contribution in [1.82, 2.24) is 25.2 Å². The van der Waals surface area contributed by atoms with E-state index in [1.807, 2.05) is 4.90 Å². The SMILES string of the molecule is Cc1c(F)c(N)cc(-c2nc3c4c(nc(OC[C@]56C[C@H](F)CN5C[C@H](F)C6)nc4c2F)N2C[C@H]4CC[C@H](N4)[C@H]2[C@H](C)O3)c1C(F)(F)F. The molecule has 0 spiro atoms. The van der Waals surface area contributed by atoms with Crippen LogP contribution in [0.2, 0.25) is 0 Å². The van der Waals surface area contributed by atoms with Crippen molar-refractivity contribution >= 4 is 22.4 Å². The number of nitrogens with zero attached hydrogens (tertiary/aromatic N) is 5. The predicted octanol–water partition coefficient (Wildman–Crippen LogP) is 4.87. The number of anilines is 2. The number of piperazine rings is 1. The molecule has 7 heterocycles. The largest absolute Gasteiger partial charge is 0.472 e. The van der Waals surface area contributed by atoms with Gasteiger partial charge in [0.15, 0.2) is 5.82 Å². The molecule has 2 bridgehead atoms. The Balaban J connectivity index is 1.33. The zero-order valence-corrected chi connectivity index (χ0v) is 25.5. The summed E-state index contributed by atoms with van der Waals surface area (Å²) in [5, 5.41) is 3.61. The highest BCUT2D eigenvalue weighted by Crippen LogP contribution is 2.48. The van der Waals surface area contributed by atoms with Crippen LogP contribution in [-0.4, -0.2) is 88.2 Å². The minimum Gasteiger partial charge on any atom is -0.472 e. The highest BCUT2D eigenvalue weighted by atomic mass is 19.4. The minimum atomic E-state index is -5.09. The molecule has 1 aromatic carbocycles. The Bertz CT molecular complexity index is 1780. The fourth-order valence-corrected chi connectivity index (χ4v) is 8.55. The van der Waals surface area contributed by atoms with Gasteiger partial charge in [-0.15, -0.1) is 0 Å². The Hall–Kier alpha value is -3.66. The summed E-state index contributed by atoms with van der Waals surface area (Å²) in [4.78, 5) is 17.0. The average Bonchev–Trinajstić information content (AvgIpc) is 3.59. The van der Waals surface area contributed by atoms with Crippen LogP contribution in [0.3, 0.4) is 0 Å². The van der Waals surface area contributed by atoms with Crippen molar-refractivity contribution in [2.45, 2.75) is 87.8 Å². The monoisotopic (exact) mass is 667 g/mol. The van der Waals surface area contributed by atoms with E-state index in [0.29, 0.717) is 12.6 Å². The number of pyridine rings is 1. The molecule has 9 nitrogen and oxygen atoms in total. The molecule has 0 saturated carbocycles. The second kappa shape index (κ2) is 10.4. The maximum absolute atomic E-state index is 16.8. The summed E-state index contributed by atoms with van der Waals surface area (Å²) in [7, 11) is 0. The zero-order chi connectivity index (χ0) is 33.2. The number of benzene rings is 1. The number of ether oxygens (including phenoxy) is 2. The third-order valence-corrected chi connectivity index (χ3v) is 10.5. The van der Waals surface area contributed by atoms with Gasteiger partial charge < -0.3 is 25.4 Å². The molecule has 4 saturated heterocycles. The van der Waals surface area contributed by atoms with E-state index < -0.39 is 75.4 Å². The third kappa shape index (κ3) is 4.68. The smallest absolute Gasteiger partial charge is 0.417 e. The van der Waals surface area contributed by atoms with Crippen LogP contribution < -0.4 is 25.4 Å². The average molecular weight is 668 g/mol. The van der Waals surface area contributed by atoms with Crippen molar-refractivity contribution < 1.29 is 40.2 Å². The van der Waals surface area contributed by atoms with Gasteiger partial charge in [-0.25, -0.2) is 22.5 Å². The number of nitrogens with two attached hydrogens (primary N) is 1. The van der Waals surface area contributed by atoms with Gasteiger partial charge in [0.05, 0.1) is 22.8 Å². The van der Waals surface area contributed by atoms with Crippen LogP contribution in [0.1, 0.15) is 43.7 Å². The molecular weight excluding hydrogens is 635 g/mol. The lowest BCUT2D eigenvalue weighted by Crippen LogP contribution is -2.62. The topological polar surface area (TPSA) is 102 Å². The Morgan fingerprint density at radius 1 is 1.06 bits per heavy atom. The number of aromatic nitrogens is 3. The summed E-state index contributed by atoms with van der Waals surface area (Å²) in [6, 6.07) is 0.158. The number of halogens is 7. The zero-order valence-electron chi connectivity index (χ0n) is 25.5. The normalized spacial score (nSPS) is 31.6. The standard InChI is InChI=1S/C31H32F7N7O2/c1-12-21(31(36,37)38)17(5-18(39)22(12)34)24-23(35)25-20-27(45-10-16-3-4-19(40-16)26(45)13(2)47-28(20)41-24)43-29(42-25)46-11-30-6-14(32)8-44(30)9-15(33)7-30/h5,13-16,19,26,40H,3-4,6-11,39H2,1-2H3/t13-,14-,15+,16+,19-,26+,30+/m0/s1. The molecule has 5 aliphatic heterocycles. The number of rotatable bonds is 4. The first-order valence-electron chi connectivity index (χ1n) is 15.7. The highest BCUT2D eigenvalue weighted by molar-refractivity contribution is 5.97. The molecule has 0 unspecified atom stereocenters. The van der Waals surface area contributed by atoms with E-state index in [9.17, 15) is 26.3 Å². The maximum Gasteiger partial charge on any atom is 0.417 e. The quantitative estimate of drug-likeness (QED) is 0.298. The molecule has 5 aliphatic rings. The Morgan fingerprint density at radius 2 is 1.79 bits per heavy atom. The molecule has 16 heteroatoms. The van der Waals surface area contributed by atoms with Gasteiger partial charge in [-0.1, -0.05) is 0 Å². The molecule has 8 rings (SSSR count). The molecule has 0 aliphatic carbocycles. The van der Waals surface area contributed by atoms with Crippen LogP contribution in [0.25, 0.3) is 22.2 Å². The highest BCUT2D eigenvalue weighted by Gasteiger charge is 2.53. The van der Waals surface area contributed by atoms with Gasteiger partial charge in [0, 0.05) is 50.1 Å². The Labute approximate surface area is 264 Å². The number of fused-ring (bicyclic) bond motifs is 6. The van der Waals surface area contributed by atoms with E-state index in [-0.39, 0.29) is 73.8 Å². The summed E-state index contributed by atoms with van der Waals surface area (Å²) < 4.78 is 116. The first-order chi connectivity index (χ1) is 22.2. The second-order valence-corrected chi connectivity index (χ2v) is 13.5. The molecule has 7 atom stereocenters. The first-order valence-corrected chi connectivity index (χ1v) is 15.7. The van der Waals surface area contributed by atoms with E-state index in [2.05, 4.69) is 20.3 Å². The van der Waals surface area contributed by atoms with Crippen molar-refractivity contribution in [3.8, 4) is 23.1 Å². The van der Waals surface area contributed by atoms with Crippen molar-refractivity contribution in [2.24, 2.45) is 0 Å². The molecule has 2 aromatic heterocycles. The van der Waals surface area contributed by atoms with Gasteiger partial charge in [0.1, 0.15) is 53.3 Å². The van der Waals surface area contributed by atoms with Crippen molar-refractivity contribution in [1.29, 1.82) is 0 Å². The van der Waals surface area contributed by atoms with Gasteiger partial charge in [-0.2, -0.15) is 23.1 Å². The van der Waals surface area contributed by atoms with E-state index in [4.69, 9.17) is 15.2 Å². The third-order valence-electron chi connectivity index (χ3n) is 10.5. The van der Waals surface area contributed by atoms with Gasteiger partial charge in [-0.3, -0.25) is 4.90 Å². The molecule has 47 heavy (non-hydrogen) atoms. The van der Waals surface area contributed by atoms with Gasteiger partial charge >= 0.3 is 12.2 Å². The number of alkyl halides is 5. The Kier molecular flexibility index (Phi) is 6.80. The summed E-state index contributed by atoms with van der Waals surface area (Å²) >= 11 is 0. The van der Waals surface area contributed by atoms with Gasteiger partial charge in [0.25, 0.3) is 0 Å². The summed E-state index contributed by atoms with van der Waals surface area (Å²) in [6.45, 7) is 3.11. The van der Waals surface area contributed by atoms with Crippen LogP contribution in [-0.2, 0) is 6.18 Å². The number of nitrogen functional groups attached to an aromatic ring is 1. The lowest BCUT2D eigenvalue weighted by molar-refractivity contribution is -0.137. The van der Waals surface area contributed by atoms with Gasteiger partial charge in [-0.05, 0) is 38.3 Å². The molecule has 0 radical (unpaired) electrons. The molecule has 0 amide bonds. The van der Waals surface area contributed by atoms with E-state index in [1.54, 1.807) is 11.8 Å². The van der Waals surface area contributed by atoms with E-state index in [0.717, 1.165) is 19.8 Å². The second-order valence-electron chi connectivity index (χ2n) is 13.5. The maximum atomic E-state index is 16.8. The number of nitrogens with one attached hydrogen (secondary N) is 1. The van der Waals surface area contributed by atoms with Crippen molar-refractivity contribution in [2.75, 3.05) is 36.9 Å². The summed E-state index contributed by atoms with van der Waals surface area (Å²) in [6.07, 6.45) is -6.21.